The first-order valence-corrected chi connectivity index (χ1v) is 10.5. The maximum atomic E-state index is 13.1. The third-order valence-electron chi connectivity index (χ3n) is 4.55. The van der Waals surface area contributed by atoms with Crippen molar-refractivity contribution in [2.45, 2.75) is 13.2 Å². The van der Waals surface area contributed by atoms with Crippen molar-refractivity contribution in [3.63, 3.8) is 0 Å². The number of halogens is 2. The van der Waals surface area contributed by atoms with E-state index in [9.17, 15) is 14.0 Å². The van der Waals surface area contributed by atoms with Crippen molar-refractivity contribution >= 4 is 34.1 Å². The number of nitrogens with zero attached hydrogens (tertiary/aromatic N) is 2. The number of carbonyl (C=O) groups is 1. The Morgan fingerprint density at radius 2 is 1.77 bits per heavy atom. The average Bonchev–Trinajstić information content (AvgIpc) is 2.79. The molecular formula is C23H17FIN3O3. The number of ether oxygens (including phenoxy) is 1. The number of hydrogen-bond donors (Lipinski definition) is 1. The number of fused-ring (bicyclic) bond motifs is 1. The summed E-state index contributed by atoms with van der Waals surface area (Å²) in [4.78, 5) is 30.4. The molecule has 0 radical (unpaired) electrons. The highest BCUT2D eigenvalue weighted by atomic mass is 127. The quantitative estimate of drug-likeness (QED) is 0.384. The largest absolute Gasteiger partial charge is 0.481 e. The lowest BCUT2D eigenvalue weighted by Crippen LogP contribution is -2.29. The number of aromatic nitrogens is 2. The molecule has 4 rings (SSSR count). The maximum absolute atomic E-state index is 13.1. The molecule has 0 saturated carbocycles. The molecule has 6 nitrogen and oxygen atoms in total. The topological polar surface area (TPSA) is 72.7 Å². The van der Waals surface area contributed by atoms with E-state index in [-0.39, 0.29) is 30.4 Å². The maximum Gasteiger partial charge on any atom is 0.301 e. The van der Waals surface area contributed by atoms with Crippen LogP contribution in [0.3, 0.4) is 0 Å². The molecule has 0 aliphatic rings. The van der Waals surface area contributed by atoms with Gasteiger partial charge < -0.3 is 10.1 Å². The SMILES string of the molecule is O=C(NCc1ccc(F)cc1)c1nc2ccc(I)cn2c(=O)c1OCc1ccccc1. The van der Waals surface area contributed by atoms with Crippen LogP contribution in [0.15, 0.2) is 77.7 Å². The second-order valence-electron chi connectivity index (χ2n) is 6.75. The van der Waals surface area contributed by atoms with Crippen LogP contribution in [0.5, 0.6) is 5.75 Å². The Bertz CT molecular complexity index is 1290. The van der Waals surface area contributed by atoms with E-state index in [1.807, 2.05) is 30.3 Å². The predicted octanol–water partition coefficient (Wildman–Crippen LogP) is 3.95. The first-order valence-electron chi connectivity index (χ1n) is 9.42. The lowest BCUT2D eigenvalue weighted by molar-refractivity contribution is 0.0940. The van der Waals surface area contributed by atoms with Crippen LogP contribution in [0.2, 0.25) is 0 Å². The molecule has 0 unspecified atom stereocenters. The van der Waals surface area contributed by atoms with Crippen molar-refractivity contribution in [1.29, 1.82) is 0 Å². The van der Waals surface area contributed by atoms with Crippen molar-refractivity contribution in [3.8, 4) is 5.75 Å². The number of carbonyl (C=O) groups excluding carboxylic acids is 1. The molecule has 0 saturated heterocycles. The van der Waals surface area contributed by atoms with Gasteiger partial charge in [-0.1, -0.05) is 42.5 Å². The van der Waals surface area contributed by atoms with Crippen LogP contribution in [-0.2, 0) is 13.2 Å². The second kappa shape index (κ2) is 9.25. The predicted molar refractivity (Wildman–Crippen MR) is 123 cm³/mol. The minimum atomic E-state index is -0.550. The first kappa shape index (κ1) is 21.0. The van der Waals surface area contributed by atoms with E-state index in [1.165, 1.54) is 16.5 Å². The molecule has 0 atom stereocenters. The van der Waals surface area contributed by atoms with E-state index in [0.717, 1.165) is 9.13 Å². The molecule has 4 aromatic rings. The molecule has 1 amide bonds. The Morgan fingerprint density at radius 1 is 1.03 bits per heavy atom. The molecule has 0 aliphatic heterocycles. The number of rotatable bonds is 6. The highest BCUT2D eigenvalue weighted by molar-refractivity contribution is 14.1. The Kier molecular flexibility index (Phi) is 6.26. The van der Waals surface area contributed by atoms with Crippen LogP contribution in [-0.4, -0.2) is 15.3 Å². The standard InChI is InChI=1S/C23H17FIN3O3/c24-17-8-6-15(7-9-17)12-26-22(29)20-21(31-14-16-4-2-1-3-5-16)23(30)28-13-18(25)10-11-19(28)27-20/h1-11,13H,12,14H2,(H,26,29). The number of benzene rings is 2. The van der Waals surface area contributed by atoms with Crippen molar-refractivity contribution in [2.75, 3.05) is 0 Å². The van der Waals surface area contributed by atoms with Crippen LogP contribution < -0.4 is 15.6 Å². The molecule has 0 spiro atoms. The molecule has 2 aromatic carbocycles. The van der Waals surface area contributed by atoms with Gasteiger partial charge in [-0.05, 0) is 58.0 Å². The van der Waals surface area contributed by atoms with Crippen molar-refractivity contribution in [1.82, 2.24) is 14.7 Å². The summed E-state index contributed by atoms with van der Waals surface area (Å²) < 4.78 is 21.1. The van der Waals surface area contributed by atoms with E-state index in [0.29, 0.717) is 11.2 Å². The highest BCUT2D eigenvalue weighted by Gasteiger charge is 2.21. The summed E-state index contributed by atoms with van der Waals surface area (Å²) in [7, 11) is 0. The minimum Gasteiger partial charge on any atom is -0.481 e. The zero-order chi connectivity index (χ0) is 21.8. The summed E-state index contributed by atoms with van der Waals surface area (Å²) in [5.74, 6) is -1.03. The van der Waals surface area contributed by atoms with E-state index in [2.05, 4.69) is 32.9 Å². The molecule has 0 fully saturated rings. The minimum absolute atomic E-state index is 0.0933. The molecule has 1 N–H and O–H groups in total. The normalized spacial score (nSPS) is 10.8. The first-order chi connectivity index (χ1) is 15.0. The van der Waals surface area contributed by atoms with Crippen molar-refractivity contribution < 1.29 is 13.9 Å². The molecule has 31 heavy (non-hydrogen) atoms. The molecule has 2 heterocycles. The second-order valence-corrected chi connectivity index (χ2v) is 8.00. The molecule has 0 bridgehead atoms. The average molecular weight is 529 g/mol. The van der Waals surface area contributed by atoms with Crippen molar-refractivity contribution in [2.24, 2.45) is 0 Å². The van der Waals surface area contributed by atoms with E-state index in [4.69, 9.17) is 4.74 Å². The number of hydrogen-bond acceptors (Lipinski definition) is 4. The van der Waals surface area contributed by atoms with Crippen LogP contribution >= 0.6 is 22.6 Å². The van der Waals surface area contributed by atoms with Crippen LogP contribution in [0.25, 0.3) is 5.65 Å². The van der Waals surface area contributed by atoms with Gasteiger partial charge >= 0.3 is 5.56 Å². The van der Waals surface area contributed by atoms with Gasteiger partial charge in [-0.2, -0.15) is 0 Å². The zero-order valence-electron chi connectivity index (χ0n) is 16.2. The lowest BCUT2D eigenvalue weighted by Gasteiger charge is -2.13. The lowest BCUT2D eigenvalue weighted by atomic mass is 10.2. The fourth-order valence-electron chi connectivity index (χ4n) is 2.98. The van der Waals surface area contributed by atoms with Gasteiger partial charge in [-0.3, -0.25) is 14.0 Å². The Morgan fingerprint density at radius 3 is 2.52 bits per heavy atom. The Balaban J connectivity index is 1.67. The van der Waals surface area contributed by atoms with Crippen LogP contribution in [0.4, 0.5) is 4.39 Å². The van der Waals surface area contributed by atoms with Gasteiger partial charge in [0.2, 0.25) is 5.75 Å². The Labute approximate surface area is 190 Å². The van der Waals surface area contributed by atoms with Gasteiger partial charge in [-0.25, -0.2) is 9.37 Å². The van der Waals surface area contributed by atoms with Gasteiger partial charge in [0.15, 0.2) is 5.69 Å². The van der Waals surface area contributed by atoms with Gasteiger partial charge in [0.05, 0.1) is 0 Å². The highest BCUT2D eigenvalue weighted by Crippen LogP contribution is 2.16. The monoisotopic (exact) mass is 529 g/mol. The molecule has 0 aliphatic carbocycles. The van der Waals surface area contributed by atoms with E-state index >= 15 is 0 Å². The number of nitrogens with one attached hydrogen (secondary N) is 1. The van der Waals surface area contributed by atoms with Crippen LogP contribution in [0.1, 0.15) is 21.6 Å². The van der Waals surface area contributed by atoms with Crippen LogP contribution in [0, 0.1) is 9.39 Å². The molecular weight excluding hydrogens is 512 g/mol. The number of pyridine rings is 1. The summed E-state index contributed by atoms with van der Waals surface area (Å²) in [6.45, 7) is 0.275. The summed E-state index contributed by atoms with van der Waals surface area (Å²) in [6.07, 6.45) is 1.64. The fourth-order valence-corrected chi connectivity index (χ4v) is 3.44. The third-order valence-corrected chi connectivity index (χ3v) is 5.19. The van der Waals surface area contributed by atoms with Gasteiger partial charge in [-0.15, -0.1) is 0 Å². The molecule has 156 valence electrons. The van der Waals surface area contributed by atoms with Gasteiger partial charge in [0.25, 0.3) is 5.91 Å². The molecule has 8 heteroatoms. The smallest absolute Gasteiger partial charge is 0.301 e. The van der Waals surface area contributed by atoms with Gasteiger partial charge in [0.1, 0.15) is 18.1 Å². The fraction of sp³-hybridized carbons (Fsp3) is 0.0870. The summed E-state index contributed by atoms with van der Waals surface area (Å²) in [5.41, 5.74) is 1.35. The summed E-state index contributed by atoms with van der Waals surface area (Å²) >= 11 is 2.10. The van der Waals surface area contributed by atoms with E-state index < -0.39 is 11.5 Å². The molecule has 2 aromatic heterocycles. The van der Waals surface area contributed by atoms with E-state index in [1.54, 1.807) is 30.5 Å². The van der Waals surface area contributed by atoms with Gasteiger partial charge in [0, 0.05) is 16.3 Å². The third kappa shape index (κ3) is 4.91. The number of amides is 1. The zero-order valence-corrected chi connectivity index (χ0v) is 18.4. The summed E-state index contributed by atoms with van der Waals surface area (Å²) in [6, 6.07) is 18.6. The Hall–Kier alpha value is -3.27. The van der Waals surface area contributed by atoms with Crippen molar-refractivity contribution in [3.05, 3.63) is 109 Å². The summed E-state index contributed by atoms with van der Waals surface area (Å²) in [5, 5.41) is 2.72.